The highest BCUT2D eigenvalue weighted by Gasteiger charge is 2.08. The lowest BCUT2D eigenvalue weighted by atomic mass is 10.2. The van der Waals surface area contributed by atoms with Gasteiger partial charge in [-0.3, -0.25) is 4.79 Å². The van der Waals surface area contributed by atoms with E-state index in [9.17, 15) is 4.79 Å². The highest BCUT2D eigenvalue weighted by atomic mass is 16.5. The third kappa shape index (κ3) is 5.01. The van der Waals surface area contributed by atoms with Crippen LogP contribution in [0.2, 0.25) is 0 Å². The second-order valence-electron chi connectivity index (χ2n) is 6.14. The number of anilines is 1. The molecule has 0 saturated heterocycles. The molecule has 28 heavy (non-hydrogen) atoms. The number of rotatable bonds is 8. The number of benzene rings is 2. The summed E-state index contributed by atoms with van der Waals surface area (Å²) in [6, 6.07) is 18.9. The fraction of sp³-hybridized carbons (Fsp3) is 0.182. The Bertz CT molecular complexity index is 929. The van der Waals surface area contributed by atoms with Crippen LogP contribution in [-0.2, 0) is 13.1 Å². The number of ether oxygens (including phenoxy) is 2. The molecule has 0 unspecified atom stereocenters. The van der Waals surface area contributed by atoms with E-state index in [-0.39, 0.29) is 5.91 Å². The van der Waals surface area contributed by atoms with Gasteiger partial charge >= 0.3 is 0 Å². The molecule has 0 aliphatic heterocycles. The van der Waals surface area contributed by atoms with Crippen LogP contribution >= 0.6 is 0 Å². The fourth-order valence-corrected chi connectivity index (χ4v) is 2.73. The average molecular weight is 377 g/mol. The minimum Gasteiger partial charge on any atom is -0.493 e. The van der Waals surface area contributed by atoms with Crippen molar-refractivity contribution < 1.29 is 14.3 Å². The zero-order valence-electron chi connectivity index (χ0n) is 15.9. The maximum absolute atomic E-state index is 12.4. The number of nitrogens with zero attached hydrogens (tertiary/aromatic N) is 1. The molecular weight excluding hydrogens is 354 g/mol. The number of methoxy groups -OCH3 is 2. The number of aromatic nitrogens is 1. The van der Waals surface area contributed by atoms with Gasteiger partial charge in [0, 0.05) is 24.8 Å². The molecule has 1 aromatic heterocycles. The van der Waals surface area contributed by atoms with Gasteiger partial charge in [-0.1, -0.05) is 36.4 Å². The van der Waals surface area contributed by atoms with Gasteiger partial charge in [0.2, 0.25) is 0 Å². The maximum atomic E-state index is 12.4. The number of carbonyl (C=O) groups is 1. The Hall–Kier alpha value is -3.54. The zero-order valence-corrected chi connectivity index (χ0v) is 15.9. The van der Waals surface area contributed by atoms with Gasteiger partial charge < -0.3 is 20.1 Å². The van der Waals surface area contributed by atoms with Crippen LogP contribution < -0.4 is 20.1 Å². The van der Waals surface area contributed by atoms with Gasteiger partial charge in [0.1, 0.15) is 5.82 Å². The summed E-state index contributed by atoms with van der Waals surface area (Å²) in [7, 11) is 3.21. The van der Waals surface area contributed by atoms with Crippen molar-refractivity contribution >= 4 is 11.7 Å². The summed E-state index contributed by atoms with van der Waals surface area (Å²) < 4.78 is 10.6. The molecule has 6 heteroatoms. The van der Waals surface area contributed by atoms with Crippen molar-refractivity contribution in [1.29, 1.82) is 0 Å². The van der Waals surface area contributed by atoms with Crippen LogP contribution in [0.5, 0.6) is 11.5 Å². The first kappa shape index (κ1) is 19.2. The molecule has 1 amide bonds. The normalized spacial score (nSPS) is 10.2. The molecule has 0 aliphatic carbocycles. The van der Waals surface area contributed by atoms with E-state index >= 15 is 0 Å². The number of amides is 1. The van der Waals surface area contributed by atoms with Crippen LogP contribution in [0.25, 0.3) is 0 Å². The highest BCUT2D eigenvalue weighted by molar-refractivity contribution is 5.94. The van der Waals surface area contributed by atoms with Crippen molar-refractivity contribution in [2.75, 3.05) is 19.5 Å². The third-order valence-electron chi connectivity index (χ3n) is 4.24. The molecule has 0 aliphatic rings. The second-order valence-corrected chi connectivity index (χ2v) is 6.14. The van der Waals surface area contributed by atoms with Crippen LogP contribution in [-0.4, -0.2) is 25.1 Å². The van der Waals surface area contributed by atoms with Gasteiger partial charge in [-0.15, -0.1) is 0 Å². The molecule has 2 N–H and O–H groups in total. The molecule has 0 bridgehead atoms. The molecule has 0 atom stereocenters. The summed E-state index contributed by atoms with van der Waals surface area (Å²) in [4.78, 5) is 16.7. The molecule has 0 radical (unpaired) electrons. The summed E-state index contributed by atoms with van der Waals surface area (Å²) in [5.74, 6) is 1.84. The van der Waals surface area contributed by atoms with Crippen LogP contribution in [0, 0.1) is 0 Å². The molecule has 2 aromatic carbocycles. The molecule has 3 aromatic rings. The van der Waals surface area contributed by atoms with E-state index in [0.29, 0.717) is 36.0 Å². The van der Waals surface area contributed by atoms with Gasteiger partial charge in [0.05, 0.1) is 14.2 Å². The first-order valence-electron chi connectivity index (χ1n) is 8.92. The Morgan fingerprint density at radius 3 is 2.43 bits per heavy atom. The lowest BCUT2D eigenvalue weighted by molar-refractivity contribution is 0.0951. The smallest absolute Gasteiger partial charge is 0.251 e. The first-order valence-corrected chi connectivity index (χ1v) is 8.92. The number of hydrogen-bond acceptors (Lipinski definition) is 5. The Morgan fingerprint density at radius 1 is 0.893 bits per heavy atom. The number of pyridine rings is 1. The number of nitrogens with one attached hydrogen (secondary N) is 2. The molecule has 6 nitrogen and oxygen atoms in total. The lowest BCUT2D eigenvalue weighted by Gasteiger charge is -2.11. The van der Waals surface area contributed by atoms with E-state index in [0.717, 1.165) is 11.1 Å². The van der Waals surface area contributed by atoms with Crippen molar-refractivity contribution in [3.05, 3.63) is 83.6 Å². The number of carbonyl (C=O) groups excluding carboxylic acids is 1. The molecule has 144 valence electrons. The van der Waals surface area contributed by atoms with E-state index < -0.39 is 0 Å². The summed E-state index contributed by atoms with van der Waals surface area (Å²) >= 11 is 0. The summed E-state index contributed by atoms with van der Waals surface area (Å²) in [5, 5.41) is 6.15. The largest absolute Gasteiger partial charge is 0.493 e. The van der Waals surface area contributed by atoms with Crippen molar-refractivity contribution in [3.8, 4) is 11.5 Å². The standard InChI is InChI=1S/C22H23N3O3/c1-27-19-9-8-17(12-20(19)28-2)15-24-21-13-18(10-11-23-21)22(26)25-14-16-6-4-3-5-7-16/h3-13H,14-15H2,1-2H3,(H,23,24)(H,25,26). The zero-order chi connectivity index (χ0) is 19.8. The molecule has 0 fully saturated rings. The van der Waals surface area contributed by atoms with Gasteiger partial charge in [0.25, 0.3) is 5.91 Å². The van der Waals surface area contributed by atoms with E-state index in [4.69, 9.17) is 9.47 Å². The van der Waals surface area contributed by atoms with Crippen molar-refractivity contribution in [2.24, 2.45) is 0 Å². The fourth-order valence-electron chi connectivity index (χ4n) is 2.73. The van der Waals surface area contributed by atoms with E-state index in [1.807, 2.05) is 48.5 Å². The quantitative estimate of drug-likeness (QED) is 0.627. The topological polar surface area (TPSA) is 72.5 Å². The molecule has 0 spiro atoms. The maximum Gasteiger partial charge on any atom is 0.251 e. The monoisotopic (exact) mass is 377 g/mol. The van der Waals surface area contributed by atoms with E-state index in [1.165, 1.54) is 0 Å². The van der Waals surface area contributed by atoms with Gasteiger partial charge in [-0.2, -0.15) is 0 Å². The van der Waals surface area contributed by atoms with E-state index in [2.05, 4.69) is 15.6 Å². The highest BCUT2D eigenvalue weighted by Crippen LogP contribution is 2.27. The first-order chi connectivity index (χ1) is 13.7. The SMILES string of the molecule is COc1ccc(CNc2cc(C(=O)NCc3ccccc3)ccn2)cc1OC. The van der Waals surface area contributed by atoms with Crippen molar-refractivity contribution in [3.63, 3.8) is 0 Å². The van der Waals surface area contributed by atoms with Gasteiger partial charge in [0.15, 0.2) is 11.5 Å². The van der Waals surface area contributed by atoms with Crippen molar-refractivity contribution in [1.82, 2.24) is 10.3 Å². The Morgan fingerprint density at radius 2 is 1.68 bits per heavy atom. The summed E-state index contributed by atoms with van der Waals surface area (Å²) in [6.07, 6.45) is 1.62. The van der Waals surface area contributed by atoms with Gasteiger partial charge in [-0.25, -0.2) is 4.98 Å². The predicted octanol–water partition coefficient (Wildman–Crippen LogP) is 3.64. The molecule has 0 saturated carbocycles. The van der Waals surface area contributed by atoms with Crippen LogP contribution in [0.1, 0.15) is 21.5 Å². The lowest BCUT2D eigenvalue weighted by Crippen LogP contribution is -2.22. The predicted molar refractivity (Wildman–Crippen MR) is 109 cm³/mol. The Labute approximate surface area is 164 Å². The molecular formula is C22H23N3O3. The summed E-state index contributed by atoms with van der Waals surface area (Å²) in [6.45, 7) is 1.03. The van der Waals surface area contributed by atoms with Crippen LogP contribution in [0.15, 0.2) is 66.9 Å². The minimum absolute atomic E-state index is 0.139. The Kier molecular flexibility index (Phi) is 6.46. The van der Waals surface area contributed by atoms with Gasteiger partial charge in [-0.05, 0) is 35.4 Å². The molecule has 3 rings (SSSR count). The van der Waals surface area contributed by atoms with Crippen LogP contribution in [0.4, 0.5) is 5.82 Å². The van der Waals surface area contributed by atoms with Crippen molar-refractivity contribution in [2.45, 2.75) is 13.1 Å². The second kappa shape index (κ2) is 9.41. The summed E-state index contributed by atoms with van der Waals surface area (Å²) in [5.41, 5.74) is 2.62. The van der Waals surface area contributed by atoms with Crippen LogP contribution in [0.3, 0.4) is 0 Å². The van der Waals surface area contributed by atoms with E-state index in [1.54, 1.807) is 32.5 Å². The Balaban J connectivity index is 1.61. The third-order valence-corrected chi connectivity index (χ3v) is 4.24. The molecule has 1 heterocycles. The minimum atomic E-state index is -0.139. The average Bonchev–Trinajstić information content (AvgIpc) is 2.76. The number of hydrogen-bond donors (Lipinski definition) is 2.